The number of halogens is 4. The van der Waals surface area contributed by atoms with Crippen LogP contribution in [0.4, 0.5) is 17.6 Å². The van der Waals surface area contributed by atoms with E-state index in [9.17, 15) is 27.5 Å². The molecule has 0 saturated heterocycles. The predicted molar refractivity (Wildman–Crippen MR) is 116 cm³/mol. The highest BCUT2D eigenvalue weighted by atomic mass is 19.4. The fourth-order valence-electron chi connectivity index (χ4n) is 3.38. The molecule has 168 valence electrons. The molecule has 1 heterocycles. The summed E-state index contributed by atoms with van der Waals surface area (Å²) < 4.78 is 59.7. The van der Waals surface area contributed by atoms with Crippen LogP contribution in [0.3, 0.4) is 0 Å². The zero-order valence-electron chi connectivity index (χ0n) is 17.1. The van der Waals surface area contributed by atoms with Crippen molar-refractivity contribution in [3.63, 3.8) is 0 Å². The van der Waals surface area contributed by atoms with Crippen LogP contribution in [0.1, 0.15) is 17.0 Å². The van der Waals surface area contributed by atoms with Gasteiger partial charge in [-0.15, -0.1) is 0 Å². The number of phenols is 1. The maximum absolute atomic E-state index is 13.8. The molecule has 4 aromatic rings. The van der Waals surface area contributed by atoms with Crippen LogP contribution in [0.15, 0.2) is 65.5 Å². The quantitative estimate of drug-likeness (QED) is 0.416. The van der Waals surface area contributed by atoms with E-state index in [0.29, 0.717) is 23.2 Å². The molecule has 0 amide bonds. The van der Waals surface area contributed by atoms with Crippen LogP contribution in [0.5, 0.6) is 11.5 Å². The van der Waals surface area contributed by atoms with Crippen molar-refractivity contribution in [1.29, 1.82) is 0 Å². The smallest absolute Gasteiger partial charge is 0.419 e. The molecule has 0 saturated carbocycles. The molecule has 0 bridgehead atoms. The first-order valence-corrected chi connectivity index (χ1v) is 9.63. The lowest BCUT2D eigenvalue weighted by atomic mass is 10.1. The predicted octanol–water partition coefficient (Wildman–Crippen LogP) is 5.43. The maximum Gasteiger partial charge on any atom is 0.419 e. The summed E-state index contributed by atoms with van der Waals surface area (Å²) in [7, 11) is 1.39. The summed E-state index contributed by atoms with van der Waals surface area (Å²) >= 11 is 0. The summed E-state index contributed by atoms with van der Waals surface area (Å²) in [6.45, 7) is 0. The summed E-state index contributed by atoms with van der Waals surface area (Å²) in [5, 5.41) is 10.5. The molecule has 33 heavy (non-hydrogen) atoms. The number of fused-ring (bicyclic) bond motifs is 1. The number of alkyl halides is 3. The van der Waals surface area contributed by atoms with Crippen LogP contribution in [-0.4, -0.2) is 21.8 Å². The van der Waals surface area contributed by atoms with Crippen molar-refractivity contribution in [2.24, 2.45) is 0 Å². The minimum atomic E-state index is -4.95. The van der Waals surface area contributed by atoms with Crippen molar-refractivity contribution in [1.82, 2.24) is 9.55 Å². The standard InChI is InChI=1S/C24H16F4N2O3/c1-33-20-8-4-5-14(22(20)31)9-12-21-29-19-7-3-2-6-16(19)23(32)30(21)15-10-11-18(25)17(13-15)24(26,27)28/h2-13,31H,1H3/b12-9+. The summed E-state index contributed by atoms with van der Waals surface area (Å²) in [6.07, 6.45) is -2.13. The van der Waals surface area contributed by atoms with Crippen molar-refractivity contribution in [3.05, 3.63) is 93.8 Å². The zero-order chi connectivity index (χ0) is 23.8. The van der Waals surface area contributed by atoms with Gasteiger partial charge in [0.05, 0.1) is 29.3 Å². The molecule has 4 rings (SSSR count). The Morgan fingerprint density at radius 3 is 2.52 bits per heavy atom. The highest BCUT2D eigenvalue weighted by molar-refractivity contribution is 5.80. The van der Waals surface area contributed by atoms with E-state index < -0.39 is 23.1 Å². The number of nitrogens with zero attached hydrogens (tertiary/aromatic N) is 2. The Bertz CT molecular complexity index is 1440. The van der Waals surface area contributed by atoms with Gasteiger partial charge in [-0.25, -0.2) is 9.37 Å². The van der Waals surface area contributed by atoms with Crippen LogP contribution in [-0.2, 0) is 6.18 Å². The molecule has 9 heteroatoms. The van der Waals surface area contributed by atoms with Crippen molar-refractivity contribution >= 4 is 23.1 Å². The first-order chi connectivity index (χ1) is 15.7. The molecule has 0 aliphatic rings. The summed E-state index contributed by atoms with van der Waals surface area (Å²) in [5.74, 6) is -1.41. The van der Waals surface area contributed by atoms with Gasteiger partial charge >= 0.3 is 6.18 Å². The van der Waals surface area contributed by atoms with Gasteiger partial charge in [0.1, 0.15) is 11.6 Å². The third-order valence-electron chi connectivity index (χ3n) is 4.98. The zero-order valence-corrected chi connectivity index (χ0v) is 17.1. The largest absolute Gasteiger partial charge is 0.504 e. The van der Waals surface area contributed by atoms with E-state index in [1.807, 2.05) is 0 Å². The first kappa shape index (κ1) is 22.1. The lowest BCUT2D eigenvalue weighted by Crippen LogP contribution is -2.23. The number of benzene rings is 3. The topological polar surface area (TPSA) is 64.3 Å². The van der Waals surface area contributed by atoms with Gasteiger partial charge in [0.2, 0.25) is 0 Å². The number of hydrogen-bond donors (Lipinski definition) is 1. The van der Waals surface area contributed by atoms with E-state index >= 15 is 0 Å². The minimum Gasteiger partial charge on any atom is -0.504 e. The average molecular weight is 456 g/mol. The summed E-state index contributed by atoms with van der Waals surface area (Å²) in [5.41, 5.74) is -1.68. The number of methoxy groups -OCH3 is 1. The highest BCUT2D eigenvalue weighted by Gasteiger charge is 2.34. The fourth-order valence-corrected chi connectivity index (χ4v) is 3.38. The van der Waals surface area contributed by atoms with Gasteiger partial charge < -0.3 is 9.84 Å². The summed E-state index contributed by atoms with van der Waals surface area (Å²) in [6, 6.07) is 13.4. The Morgan fingerprint density at radius 1 is 1.03 bits per heavy atom. The second kappa shape index (κ2) is 8.42. The Labute approximate surface area is 184 Å². The molecule has 0 aliphatic carbocycles. The lowest BCUT2D eigenvalue weighted by molar-refractivity contribution is -0.140. The van der Waals surface area contributed by atoms with E-state index in [0.717, 1.165) is 10.6 Å². The van der Waals surface area contributed by atoms with E-state index in [-0.39, 0.29) is 28.4 Å². The molecule has 1 N–H and O–H groups in total. The average Bonchev–Trinajstić information content (AvgIpc) is 2.78. The SMILES string of the molecule is COc1cccc(/C=C/c2nc3ccccc3c(=O)n2-c2ccc(F)c(C(F)(F)F)c2)c1O. The first-order valence-electron chi connectivity index (χ1n) is 9.63. The second-order valence-electron chi connectivity index (χ2n) is 7.02. The fraction of sp³-hybridized carbons (Fsp3) is 0.0833. The monoisotopic (exact) mass is 456 g/mol. The van der Waals surface area contributed by atoms with Crippen molar-refractivity contribution in [2.75, 3.05) is 7.11 Å². The van der Waals surface area contributed by atoms with E-state index in [4.69, 9.17) is 4.74 Å². The Kier molecular flexibility index (Phi) is 5.63. The minimum absolute atomic E-state index is 0.0133. The Hall–Kier alpha value is -4.14. The number of ether oxygens (including phenoxy) is 1. The van der Waals surface area contributed by atoms with Gasteiger partial charge in [-0.2, -0.15) is 13.2 Å². The molecule has 0 atom stereocenters. The number of rotatable bonds is 4. The van der Waals surface area contributed by atoms with Gasteiger partial charge in [0.15, 0.2) is 11.5 Å². The van der Waals surface area contributed by atoms with Crippen molar-refractivity contribution < 1.29 is 27.4 Å². The molecule has 1 aromatic heterocycles. The van der Waals surface area contributed by atoms with Crippen LogP contribution < -0.4 is 10.3 Å². The van der Waals surface area contributed by atoms with Gasteiger partial charge in [0, 0.05) is 5.56 Å². The molecule has 0 fully saturated rings. The molecule has 0 unspecified atom stereocenters. The molecule has 5 nitrogen and oxygen atoms in total. The molecular formula is C24H16F4N2O3. The molecular weight excluding hydrogens is 440 g/mol. The molecule has 0 spiro atoms. The van der Waals surface area contributed by atoms with Gasteiger partial charge in [-0.1, -0.05) is 24.3 Å². The van der Waals surface area contributed by atoms with E-state index in [2.05, 4.69) is 4.98 Å². The third-order valence-corrected chi connectivity index (χ3v) is 4.98. The van der Waals surface area contributed by atoms with E-state index in [1.54, 1.807) is 36.4 Å². The van der Waals surface area contributed by atoms with Gasteiger partial charge in [0.25, 0.3) is 5.56 Å². The number of hydrogen-bond acceptors (Lipinski definition) is 4. The Balaban J connectivity index is 1.96. The van der Waals surface area contributed by atoms with E-state index in [1.165, 1.54) is 25.3 Å². The van der Waals surface area contributed by atoms with Gasteiger partial charge in [-0.3, -0.25) is 9.36 Å². The van der Waals surface area contributed by atoms with Crippen LogP contribution in [0, 0.1) is 5.82 Å². The van der Waals surface area contributed by atoms with Crippen molar-refractivity contribution in [3.8, 4) is 17.2 Å². The number of phenolic OH excluding ortho intramolecular Hbond substituents is 1. The maximum atomic E-state index is 13.8. The molecule has 0 aliphatic heterocycles. The number of aromatic nitrogens is 2. The van der Waals surface area contributed by atoms with Crippen LogP contribution in [0.25, 0.3) is 28.7 Å². The van der Waals surface area contributed by atoms with Crippen LogP contribution in [0.2, 0.25) is 0 Å². The van der Waals surface area contributed by atoms with Gasteiger partial charge in [-0.05, 0) is 48.6 Å². The lowest BCUT2D eigenvalue weighted by Gasteiger charge is -2.14. The van der Waals surface area contributed by atoms with Crippen LogP contribution >= 0.6 is 0 Å². The molecule has 0 radical (unpaired) electrons. The van der Waals surface area contributed by atoms with Crippen molar-refractivity contribution in [2.45, 2.75) is 6.18 Å². The Morgan fingerprint density at radius 2 is 1.79 bits per heavy atom. The second-order valence-corrected chi connectivity index (χ2v) is 7.02. The molecule has 3 aromatic carbocycles. The number of para-hydroxylation sites is 2. The third kappa shape index (κ3) is 4.17. The number of aromatic hydroxyl groups is 1. The summed E-state index contributed by atoms with van der Waals surface area (Å²) in [4.78, 5) is 17.6. The highest BCUT2D eigenvalue weighted by Crippen LogP contribution is 2.33. The normalized spacial score (nSPS) is 11.9.